The minimum Gasteiger partial charge on any atom is -0.326 e. The summed E-state index contributed by atoms with van der Waals surface area (Å²) in [6.07, 6.45) is -3.68. The molecule has 106 valence electrons. The number of rotatable bonds is 5. The van der Waals surface area contributed by atoms with Gasteiger partial charge in [0.05, 0.1) is 10.6 Å². The van der Waals surface area contributed by atoms with Gasteiger partial charge < -0.3 is 10.6 Å². The number of hydrogen-bond acceptors (Lipinski definition) is 2. The number of alkyl halides is 3. The first-order valence-corrected chi connectivity index (χ1v) is 6.03. The third-order valence-corrected chi connectivity index (χ3v) is 2.72. The highest BCUT2D eigenvalue weighted by atomic mass is 35.5. The molecule has 0 aliphatic rings. The van der Waals surface area contributed by atoms with Crippen LogP contribution in [-0.2, 0) is 11.0 Å². The molecule has 0 heterocycles. The average molecular weight is 295 g/mol. The van der Waals surface area contributed by atoms with Crippen LogP contribution in [0.2, 0.25) is 5.02 Å². The van der Waals surface area contributed by atoms with E-state index in [1.54, 1.807) is 7.05 Å². The predicted molar refractivity (Wildman–Crippen MR) is 68.2 cm³/mol. The molecule has 0 fully saturated rings. The predicted octanol–water partition coefficient (Wildman–Crippen LogP) is 3.30. The summed E-state index contributed by atoms with van der Waals surface area (Å²) in [5.74, 6) is -0.328. The molecule has 1 rings (SSSR count). The van der Waals surface area contributed by atoms with E-state index in [1.807, 2.05) is 0 Å². The summed E-state index contributed by atoms with van der Waals surface area (Å²) in [5, 5.41) is 4.90. The zero-order chi connectivity index (χ0) is 14.5. The van der Waals surface area contributed by atoms with Crippen LogP contribution in [-0.4, -0.2) is 19.5 Å². The highest BCUT2D eigenvalue weighted by molar-refractivity contribution is 6.31. The Hall–Kier alpha value is -1.27. The summed E-state index contributed by atoms with van der Waals surface area (Å²) in [4.78, 5) is 11.5. The molecule has 0 unspecified atom stereocenters. The molecule has 0 aliphatic carbocycles. The van der Waals surface area contributed by atoms with Crippen molar-refractivity contribution in [3.05, 3.63) is 28.8 Å². The van der Waals surface area contributed by atoms with E-state index in [0.29, 0.717) is 13.0 Å². The number of carbonyl (C=O) groups is 1. The Morgan fingerprint density at radius 3 is 2.63 bits per heavy atom. The number of halogens is 4. The molecular formula is C12H14ClF3N2O. The molecule has 1 amide bonds. The van der Waals surface area contributed by atoms with E-state index in [1.165, 1.54) is 6.07 Å². The molecule has 3 nitrogen and oxygen atoms in total. The number of hydrogen-bond donors (Lipinski definition) is 2. The molecule has 0 spiro atoms. The fourth-order valence-electron chi connectivity index (χ4n) is 1.47. The van der Waals surface area contributed by atoms with Crippen molar-refractivity contribution >= 4 is 23.2 Å². The fraction of sp³-hybridized carbons (Fsp3) is 0.417. The number of benzene rings is 1. The first-order chi connectivity index (χ1) is 8.84. The third kappa shape index (κ3) is 5.08. The minimum absolute atomic E-state index is 0.0891. The lowest BCUT2D eigenvalue weighted by Crippen LogP contribution is -2.16. The maximum atomic E-state index is 12.6. The Morgan fingerprint density at radius 2 is 2.05 bits per heavy atom. The van der Waals surface area contributed by atoms with Gasteiger partial charge in [-0.1, -0.05) is 11.6 Å². The second-order valence-electron chi connectivity index (χ2n) is 3.95. The van der Waals surface area contributed by atoms with Crippen LogP contribution in [0.3, 0.4) is 0 Å². The molecule has 0 saturated carbocycles. The smallest absolute Gasteiger partial charge is 0.326 e. The summed E-state index contributed by atoms with van der Waals surface area (Å²) in [6.45, 7) is 0.668. The van der Waals surface area contributed by atoms with Gasteiger partial charge in [0.2, 0.25) is 5.91 Å². The Morgan fingerprint density at radius 1 is 1.37 bits per heavy atom. The van der Waals surface area contributed by atoms with Gasteiger partial charge in [0.15, 0.2) is 0 Å². The first kappa shape index (κ1) is 15.8. The number of carbonyl (C=O) groups excluding carboxylic acids is 1. The van der Waals surface area contributed by atoms with Crippen molar-refractivity contribution in [2.45, 2.75) is 19.0 Å². The minimum atomic E-state index is -4.54. The SMILES string of the molecule is CNCCCC(=O)Nc1ccc(Cl)c(C(F)(F)F)c1. The molecule has 0 aromatic heterocycles. The van der Waals surface area contributed by atoms with Crippen LogP contribution in [0.25, 0.3) is 0 Å². The maximum Gasteiger partial charge on any atom is 0.417 e. The molecule has 1 aromatic rings. The Bertz CT molecular complexity index is 449. The van der Waals surface area contributed by atoms with Crippen LogP contribution in [0.1, 0.15) is 18.4 Å². The molecule has 0 radical (unpaired) electrons. The Labute approximate surface area is 114 Å². The van der Waals surface area contributed by atoms with E-state index in [0.717, 1.165) is 12.1 Å². The van der Waals surface area contributed by atoms with Crippen molar-refractivity contribution < 1.29 is 18.0 Å². The molecule has 0 bridgehead atoms. The van der Waals surface area contributed by atoms with E-state index in [-0.39, 0.29) is 23.0 Å². The quantitative estimate of drug-likeness (QED) is 0.818. The van der Waals surface area contributed by atoms with Gasteiger partial charge in [0.1, 0.15) is 0 Å². The highest BCUT2D eigenvalue weighted by Gasteiger charge is 2.33. The largest absolute Gasteiger partial charge is 0.417 e. The molecule has 0 aliphatic heterocycles. The summed E-state index contributed by atoms with van der Waals surface area (Å²) >= 11 is 5.48. The van der Waals surface area contributed by atoms with Gasteiger partial charge in [-0.3, -0.25) is 4.79 Å². The van der Waals surface area contributed by atoms with Gasteiger partial charge in [-0.2, -0.15) is 13.2 Å². The average Bonchev–Trinajstić information content (AvgIpc) is 2.30. The van der Waals surface area contributed by atoms with Gasteiger partial charge in [-0.05, 0) is 38.2 Å². The van der Waals surface area contributed by atoms with Crippen LogP contribution in [0, 0.1) is 0 Å². The van der Waals surface area contributed by atoms with Crippen molar-refractivity contribution in [1.29, 1.82) is 0 Å². The van der Waals surface area contributed by atoms with Crippen molar-refractivity contribution in [2.75, 3.05) is 18.9 Å². The van der Waals surface area contributed by atoms with Crippen LogP contribution in [0.5, 0.6) is 0 Å². The van der Waals surface area contributed by atoms with Gasteiger partial charge >= 0.3 is 6.18 Å². The monoisotopic (exact) mass is 294 g/mol. The van der Waals surface area contributed by atoms with Crippen LogP contribution < -0.4 is 10.6 Å². The standard InChI is InChI=1S/C12H14ClF3N2O/c1-17-6-2-3-11(19)18-8-4-5-10(13)9(7-8)12(14,15)16/h4-5,7,17H,2-3,6H2,1H3,(H,18,19). The molecule has 7 heteroatoms. The molecule has 0 saturated heterocycles. The third-order valence-electron chi connectivity index (χ3n) is 2.39. The van der Waals surface area contributed by atoms with Crippen LogP contribution in [0.15, 0.2) is 18.2 Å². The maximum absolute atomic E-state index is 12.6. The molecule has 1 aromatic carbocycles. The summed E-state index contributed by atoms with van der Waals surface area (Å²) in [6, 6.07) is 3.29. The van der Waals surface area contributed by atoms with Crippen LogP contribution in [0.4, 0.5) is 18.9 Å². The summed E-state index contributed by atoms with van der Waals surface area (Å²) < 4.78 is 37.8. The zero-order valence-electron chi connectivity index (χ0n) is 10.3. The zero-order valence-corrected chi connectivity index (χ0v) is 11.0. The Kier molecular flexibility index (Phi) is 5.62. The lowest BCUT2D eigenvalue weighted by molar-refractivity contribution is -0.137. The van der Waals surface area contributed by atoms with E-state index in [2.05, 4.69) is 10.6 Å². The van der Waals surface area contributed by atoms with Gasteiger partial charge in [0, 0.05) is 12.1 Å². The fourth-order valence-corrected chi connectivity index (χ4v) is 1.69. The number of amides is 1. The van der Waals surface area contributed by atoms with E-state index >= 15 is 0 Å². The van der Waals surface area contributed by atoms with Gasteiger partial charge in [-0.15, -0.1) is 0 Å². The Balaban J connectivity index is 2.72. The molecule has 19 heavy (non-hydrogen) atoms. The van der Waals surface area contributed by atoms with Gasteiger partial charge in [0.25, 0.3) is 0 Å². The van der Waals surface area contributed by atoms with Crippen molar-refractivity contribution in [3.63, 3.8) is 0 Å². The van der Waals surface area contributed by atoms with E-state index in [9.17, 15) is 18.0 Å². The van der Waals surface area contributed by atoms with E-state index in [4.69, 9.17) is 11.6 Å². The number of nitrogens with one attached hydrogen (secondary N) is 2. The lowest BCUT2D eigenvalue weighted by Gasteiger charge is -2.11. The first-order valence-electron chi connectivity index (χ1n) is 5.66. The highest BCUT2D eigenvalue weighted by Crippen LogP contribution is 2.36. The second kappa shape index (κ2) is 6.77. The van der Waals surface area contributed by atoms with Crippen molar-refractivity contribution in [3.8, 4) is 0 Å². The van der Waals surface area contributed by atoms with E-state index < -0.39 is 11.7 Å². The second-order valence-corrected chi connectivity index (χ2v) is 4.35. The number of anilines is 1. The van der Waals surface area contributed by atoms with Crippen molar-refractivity contribution in [2.24, 2.45) is 0 Å². The molecular weight excluding hydrogens is 281 g/mol. The van der Waals surface area contributed by atoms with Crippen LogP contribution >= 0.6 is 11.6 Å². The topological polar surface area (TPSA) is 41.1 Å². The molecule has 0 atom stereocenters. The van der Waals surface area contributed by atoms with Gasteiger partial charge in [-0.25, -0.2) is 0 Å². The lowest BCUT2D eigenvalue weighted by atomic mass is 10.2. The normalized spacial score (nSPS) is 11.4. The van der Waals surface area contributed by atoms with Crippen molar-refractivity contribution in [1.82, 2.24) is 5.32 Å². The summed E-state index contributed by atoms with van der Waals surface area (Å²) in [7, 11) is 1.76. The molecule has 2 N–H and O–H groups in total. The summed E-state index contributed by atoms with van der Waals surface area (Å²) in [5.41, 5.74) is -0.867.